The molecule has 1 aromatic carbocycles. The quantitative estimate of drug-likeness (QED) is 0.846. The summed E-state index contributed by atoms with van der Waals surface area (Å²) in [5.74, 6) is -0.726. The fourth-order valence-electron chi connectivity index (χ4n) is 3.19. The van der Waals surface area contributed by atoms with Crippen molar-refractivity contribution >= 4 is 27.7 Å². The molecule has 2 rings (SSSR count). The van der Waals surface area contributed by atoms with Crippen LogP contribution in [0.5, 0.6) is 0 Å². The molecule has 1 N–H and O–H groups in total. The fourth-order valence-corrected chi connectivity index (χ4v) is 3.61. The molecule has 2 unspecified atom stereocenters. The van der Waals surface area contributed by atoms with E-state index in [0.717, 1.165) is 10.0 Å². The summed E-state index contributed by atoms with van der Waals surface area (Å²) in [6.45, 7) is 4.45. The van der Waals surface area contributed by atoms with E-state index >= 15 is 0 Å². The second-order valence-electron chi connectivity index (χ2n) is 5.90. The molecular weight excluding hydrogens is 334 g/mol. The lowest BCUT2D eigenvalue weighted by molar-refractivity contribution is -0.145. The highest BCUT2D eigenvalue weighted by Crippen LogP contribution is 2.47. The molecule has 2 amide bonds. The number of rotatable bonds is 4. The third kappa shape index (κ3) is 3.04. The Morgan fingerprint density at radius 1 is 1.43 bits per heavy atom. The standard InChI is InChI=1S/C16H20BrNO3/c1-10(2)16(9-21-3)8-13(19)18-15(20)14(16)11-5-4-6-12(17)7-11/h4-7,10,14H,8-9H2,1-3H3,(H,18,19,20). The van der Waals surface area contributed by atoms with Gasteiger partial charge in [0.05, 0.1) is 12.5 Å². The van der Waals surface area contributed by atoms with Gasteiger partial charge in [-0.25, -0.2) is 0 Å². The van der Waals surface area contributed by atoms with Crippen molar-refractivity contribution in [2.24, 2.45) is 11.3 Å². The molecule has 4 nitrogen and oxygen atoms in total. The van der Waals surface area contributed by atoms with Gasteiger partial charge in [0.1, 0.15) is 0 Å². The Labute approximate surface area is 133 Å². The number of methoxy groups -OCH3 is 1. The van der Waals surface area contributed by atoms with E-state index in [1.807, 2.05) is 38.1 Å². The molecule has 0 saturated carbocycles. The third-order valence-corrected chi connectivity index (χ3v) is 4.83. The lowest BCUT2D eigenvalue weighted by Crippen LogP contribution is -2.54. The van der Waals surface area contributed by atoms with Crippen LogP contribution in [-0.2, 0) is 14.3 Å². The summed E-state index contributed by atoms with van der Waals surface area (Å²) >= 11 is 3.44. The van der Waals surface area contributed by atoms with E-state index in [0.29, 0.717) is 13.0 Å². The van der Waals surface area contributed by atoms with E-state index in [9.17, 15) is 9.59 Å². The van der Waals surface area contributed by atoms with E-state index in [2.05, 4.69) is 21.2 Å². The van der Waals surface area contributed by atoms with Crippen molar-refractivity contribution in [3.63, 3.8) is 0 Å². The van der Waals surface area contributed by atoms with Gasteiger partial charge in [-0.05, 0) is 23.6 Å². The molecule has 1 aromatic rings. The summed E-state index contributed by atoms with van der Waals surface area (Å²) < 4.78 is 6.30. The maximum absolute atomic E-state index is 12.5. The van der Waals surface area contributed by atoms with Gasteiger partial charge in [0.25, 0.3) is 0 Å². The minimum absolute atomic E-state index is 0.136. The topological polar surface area (TPSA) is 55.4 Å². The molecule has 0 radical (unpaired) electrons. The molecule has 1 aliphatic rings. The maximum Gasteiger partial charge on any atom is 0.234 e. The van der Waals surface area contributed by atoms with Gasteiger partial charge in [-0.1, -0.05) is 41.9 Å². The van der Waals surface area contributed by atoms with Crippen molar-refractivity contribution in [2.75, 3.05) is 13.7 Å². The number of ether oxygens (including phenoxy) is 1. The summed E-state index contributed by atoms with van der Waals surface area (Å²) in [7, 11) is 1.61. The first-order chi connectivity index (χ1) is 9.90. The third-order valence-electron chi connectivity index (χ3n) is 4.33. The molecule has 1 saturated heterocycles. The number of imide groups is 1. The van der Waals surface area contributed by atoms with Crippen molar-refractivity contribution in [3.05, 3.63) is 34.3 Å². The van der Waals surface area contributed by atoms with E-state index in [1.165, 1.54) is 0 Å². The van der Waals surface area contributed by atoms with Crippen LogP contribution in [0.25, 0.3) is 0 Å². The molecule has 1 fully saturated rings. The molecule has 1 heterocycles. The zero-order valence-corrected chi connectivity index (χ0v) is 14.1. The lowest BCUT2D eigenvalue weighted by atomic mass is 9.61. The average molecular weight is 354 g/mol. The van der Waals surface area contributed by atoms with Gasteiger partial charge in [-0.3, -0.25) is 14.9 Å². The highest BCUT2D eigenvalue weighted by Gasteiger charge is 2.51. The SMILES string of the molecule is COCC1(C(C)C)CC(=O)NC(=O)C1c1cccc(Br)c1. The van der Waals surface area contributed by atoms with Crippen LogP contribution < -0.4 is 5.32 Å². The zero-order valence-electron chi connectivity index (χ0n) is 12.5. The van der Waals surface area contributed by atoms with Gasteiger partial charge >= 0.3 is 0 Å². The van der Waals surface area contributed by atoms with Crippen molar-refractivity contribution in [1.29, 1.82) is 0 Å². The summed E-state index contributed by atoms with van der Waals surface area (Å²) in [5, 5.41) is 2.47. The van der Waals surface area contributed by atoms with Crippen LogP contribution in [0.15, 0.2) is 28.7 Å². The molecule has 2 atom stereocenters. The Hall–Kier alpha value is -1.20. The van der Waals surface area contributed by atoms with Crippen molar-refractivity contribution in [2.45, 2.75) is 26.2 Å². The lowest BCUT2D eigenvalue weighted by Gasteiger charge is -2.45. The second kappa shape index (κ2) is 6.28. The highest BCUT2D eigenvalue weighted by molar-refractivity contribution is 9.10. The number of hydrogen-bond donors (Lipinski definition) is 1. The van der Waals surface area contributed by atoms with Crippen molar-refractivity contribution < 1.29 is 14.3 Å². The number of carbonyl (C=O) groups excluding carboxylic acids is 2. The Balaban J connectivity index is 2.55. The van der Waals surface area contributed by atoms with Gasteiger partial charge in [0.2, 0.25) is 11.8 Å². The smallest absolute Gasteiger partial charge is 0.234 e. The number of hydrogen-bond acceptors (Lipinski definition) is 3. The van der Waals surface area contributed by atoms with E-state index in [1.54, 1.807) is 7.11 Å². The molecular formula is C16H20BrNO3. The first-order valence-electron chi connectivity index (χ1n) is 6.99. The maximum atomic E-state index is 12.5. The molecule has 1 aliphatic heterocycles. The van der Waals surface area contributed by atoms with Gasteiger partial charge in [0.15, 0.2) is 0 Å². The largest absolute Gasteiger partial charge is 0.384 e. The van der Waals surface area contributed by atoms with E-state index in [4.69, 9.17) is 4.74 Å². The fraction of sp³-hybridized carbons (Fsp3) is 0.500. The molecule has 114 valence electrons. The van der Waals surface area contributed by atoms with Gasteiger partial charge in [-0.2, -0.15) is 0 Å². The molecule has 0 aliphatic carbocycles. The molecule has 0 spiro atoms. The Bertz CT molecular complexity index is 558. The normalized spacial score (nSPS) is 26.0. The van der Waals surface area contributed by atoms with E-state index < -0.39 is 11.3 Å². The number of carbonyl (C=O) groups is 2. The predicted molar refractivity (Wildman–Crippen MR) is 83.8 cm³/mol. The minimum Gasteiger partial charge on any atom is -0.384 e. The van der Waals surface area contributed by atoms with Gasteiger partial charge in [0, 0.05) is 23.4 Å². The predicted octanol–water partition coefficient (Wildman–Crippen LogP) is 2.87. The number of nitrogens with one attached hydrogen (secondary N) is 1. The zero-order chi connectivity index (χ0) is 15.6. The highest BCUT2D eigenvalue weighted by atomic mass is 79.9. The second-order valence-corrected chi connectivity index (χ2v) is 6.81. The minimum atomic E-state index is -0.519. The first kappa shape index (κ1) is 16.2. The number of halogens is 1. The Kier molecular flexibility index (Phi) is 4.84. The summed E-state index contributed by atoms with van der Waals surface area (Å²) in [5.41, 5.74) is 0.384. The van der Waals surface area contributed by atoms with E-state index in [-0.39, 0.29) is 17.7 Å². The summed E-state index contributed by atoms with van der Waals surface area (Å²) in [6.07, 6.45) is 0.293. The van der Waals surface area contributed by atoms with Crippen LogP contribution in [0.4, 0.5) is 0 Å². The van der Waals surface area contributed by atoms with Gasteiger partial charge in [-0.15, -0.1) is 0 Å². The number of benzene rings is 1. The Morgan fingerprint density at radius 2 is 2.14 bits per heavy atom. The number of piperidine rings is 1. The van der Waals surface area contributed by atoms with Crippen LogP contribution in [0, 0.1) is 11.3 Å². The first-order valence-corrected chi connectivity index (χ1v) is 7.78. The Morgan fingerprint density at radius 3 is 2.71 bits per heavy atom. The summed E-state index contributed by atoms with van der Waals surface area (Å²) in [4.78, 5) is 24.4. The molecule has 21 heavy (non-hydrogen) atoms. The molecule has 5 heteroatoms. The summed E-state index contributed by atoms with van der Waals surface area (Å²) in [6, 6.07) is 7.69. The molecule has 0 aromatic heterocycles. The molecule has 0 bridgehead atoms. The van der Waals surface area contributed by atoms with Crippen molar-refractivity contribution in [3.8, 4) is 0 Å². The van der Waals surface area contributed by atoms with Crippen LogP contribution >= 0.6 is 15.9 Å². The van der Waals surface area contributed by atoms with Crippen LogP contribution in [0.2, 0.25) is 0 Å². The van der Waals surface area contributed by atoms with Crippen molar-refractivity contribution in [1.82, 2.24) is 5.32 Å². The monoisotopic (exact) mass is 353 g/mol. The van der Waals surface area contributed by atoms with Gasteiger partial charge < -0.3 is 4.74 Å². The van der Waals surface area contributed by atoms with Crippen LogP contribution in [0.3, 0.4) is 0 Å². The number of amides is 2. The van der Waals surface area contributed by atoms with Crippen LogP contribution in [0.1, 0.15) is 31.7 Å². The average Bonchev–Trinajstić information content (AvgIpc) is 2.37. The van der Waals surface area contributed by atoms with Crippen LogP contribution in [-0.4, -0.2) is 25.5 Å².